The highest BCUT2D eigenvalue weighted by atomic mass is 35.5. The van der Waals surface area contributed by atoms with Gasteiger partial charge in [0.25, 0.3) is 5.91 Å². The summed E-state index contributed by atoms with van der Waals surface area (Å²) in [6.45, 7) is 0.370. The Morgan fingerprint density at radius 3 is 2.76 bits per heavy atom. The summed E-state index contributed by atoms with van der Waals surface area (Å²) >= 11 is 6.25. The third-order valence-electron chi connectivity index (χ3n) is 6.07. The number of methoxy groups -OCH3 is 1. The standard InChI is InChI=1S/C28H22ClFN2O2/c1-34-19-7-4-6-17(14-19)16-31-28(33)26-20-8-2-3-11-25(20)32-27-18(12-13-21(26)27)15-22-23(29)9-5-10-24(22)30/h2-11,14-15H,12-13,16H2,1H3,(H,31,33). The molecule has 1 aliphatic rings. The Morgan fingerprint density at radius 2 is 1.94 bits per heavy atom. The number of amides is 1. The zero-order valence-electron chi connectivity index (χ0n) is 18.6. The van der Waals surface area contributed by atoms with Gasteiger partial charge in [0, 0.05) is 17.5 Å². The fourth-order valence-corrected chi connectivity index (χ4v) is 4.63. The quantitative estimate of drug-likeness (QED) is 0.363. The van der Waals surface area contributed by atoms with E-state index in [1.54, 1.807) is 25.3 Å². The second-order valence-corrected chi connectivity index (χ2v) is 8.58. The van der Waals surface area contributed by atoms with Gasteiger partial charge in [0.15, 0.2) is 0 Å². The van der Waals surface area contributed by atoms with Crippen molar-refractivity contribution in [2.24, 2.45) is 0 Å². The van der Waals surface area contributed by atoms with Crippen molar-refractivity contribution in [3.63, 3.8) is 0 Å². The van der Waals surface area contributed by atoms with Crippen LogP contribution in [0.1, 0.15) is 39.2 Å². The zero-order chi connectivity index (χ0) is 23.7. The number of hydrogen-bond acceptors (Lipinski definition) is 3. The summed E-state index contributed by atoms with van der Waals surface area (Å²) < 4.78 is 19.7. The number of allylic oxidation sites excluding steroid dienone is 1. The van der Waals surface area contributed by atoms with Gasteiger partial charge in [-0.1, -0.05) is 48.0 Å². The van der Waals surface area contributed by atoms with Crippen molar-refractivity contribution in [3.8, 4) is 5.75 Å². The van der Waals surface area contributed by atoms with E-state index in [4.69, 9.17) is 21.3 Å². The van der Waals surface area contributed by atoms with E-state index in [0.29, 0.717) is 35.5 Å². The number of nitrogens with one attached hydrogen (secondary N) is 1. The number of nitrogens with zero attached hydrogens (tertiary/aromatic N) is 1. The molecule has 34 heavy (non-hydrogen) atoms. The van der Waals surface area contributed by atoms with Gasteiger partial charge in [-0.15, -0.1) is 0 Å². The van der Waals surface area contributed by atoms with Crippen LogP contribution in [0.5, 0.6) is 5.75 Å². The summed E-state index contributed by atoms with van der Waals surface area (Å²) in [7, 11) is 1.61. The molecule has 1 heterocycles. The number of rotatable bonds is 5. The van der Waals surface area contributed by atoms with Crippen molar-refractivity contribution >= 4 is 40.1 Å². The summed E-state index contributed by atoms with van der Waals surface area (Å²) in [6, 6.07) is 19.8. The highest BCUT2D eigenvalue weighted by Crippen LogP contribution is 2.38. The van der Waals surface area contributed by atoms with Crippen LogP contribution in [0.3, 0.4) is 0 Å². The molecule has 1 aliphatic carbocycles. The largest absolute Gasteiger partial charge is 0.497 e. The third-order valence-corrected chi connectivity index (χ3v) is 6.40. The second kappa shape index (κ2) is 9.27. The number of aromatic nitrogens is 1. The molecule has 3 aromatic carbocycles. The number of carbonyl (C=O) groups is 1. The second-order valence-electron chi connectivity index (χ2n) is 8.17. The van der Waals surface area contributed by atoms with Crippen LogP contribution < -0.4 is 10.1 Å². The Hall–Kier alpha value is -3.70. The molecular weight excluding hydrogens is 451 g/mol. The summed E-state index contributed by atoms with van der Waals surface area (Å²) in [6.07, 6.45) is 3.05. The molecule has 170 valence electrons. The molecule has 0 fully saturated rings. The molecule has 0 unspecified atom stereocenters. The van der Waals surface area contributed by atoms with Crippen LogP contribution in [0.25, 0.3) is 22.6 Å². The maximum atomic E-state index is 14.4. The average Bonchev–Trinajstić information content (AvgIpc) is 3.25. The molecule has 5 rings (SSSR count). The van der Waals surface area contributed by atoms with E-state index in [2.05, 4.69) is 5.32 Å². The van der Waals surface area contributed by atoms with E-state index >= 15 is 0 Å². The highest BCUT2D eigenvalue weighted by Gasteiger charge is 2.27. The van der Waals surface area contributed by atoms with Gasteiger partial charge < -0.3 is 10.1 Å². The Labute approximate surface area is 202 Å². The molecule has 0 saturated heterocycles. The Kier molecular flexibility index (Phi) is 6.03. The topological polar surface area (TPSA) is 51.2 Å². The molecule has 4 aromatic rings. The number of hydrogen-bond donors (Lipinski definition) is 1. The molecule has 0 atom stereocenters. The molecule has 6 heteroatoms. The van der Waals surface area contributed by atoms with Crippen molar-refractivity contribution < 1.29 is 13.9 Å². The van der Waals surface area contributed by atoms with Crippen LogP contribution in [-0.4, -0.2) is 18.0 Å². The molecular formula is C28H22ClFN2O2. The summed E-state index contributed by atoms with van der Waals surface area (Å²) in [4.78, 5) is 18.3. The lowest BCUT2D eigenvalue weighted by atomic mass is 9.99. The van der Waals surface area contributed by atoms with Gasteiger partial charge in [0.2, 0.25) is 0 Å². The lowest BCUT2D eigenvalue weighted by Crippen LogP contribution is -2.24. The molecule has 0 radical (unpaired) electrons. The third kappa shape index (κ3) is 4.15. The fraction of sp³-hybridized carbons (Fsp3) is 0.143. The van der Waals surface area contributed by atoms with Gasteiger partial charge in [-0.3, -0.25) is 4.79 Å². The molecule has 0 bridgehead atoms. The van der Waals surface area contributed by atoms with Crippen molar-refractivity contribution in [2.75, 3.05) is 7.11 Å². The van der Waals surface area contributed by atoms with Crippen LogP contribution in [0.2, 0.25) is 5.02 Å². The first-order valence-corrected chi connectivity index (χ1v) is 11.4. The predicted molar refractivity (Wildman–Crippen MR) is 134 cm³/mol. The Bertz CT molecular complexity index is 1430. The molecule has 0 aliphatic heterocycles. The van der Waals surface area contributed by atoms with Crippen molar-refractivity contribution in [1.82, 2.24) is 10.3 Å². The van der Waals surface area contributed by atoms with Crippen LogP contribution in [0.4, 0.5) is 4.39 Å². The minimum Gasteiger partial charge on any atom is -0.497 e. The van der Waals surface area contributed by atoms with Crippen LogP contribution in [0, 0.1) is 5.82 Å². The van der Waals surface area contributed by atoms with Crippen LogP contribution in [-0.2, 0) is 13.0 Å². The SMILES string of the molecule is COc1cccc(CNC(=O)c2c3c(nc4ccccc24)C(=Cc2c(F)cccc2Cl)CC3)c1. The Balaban J connectivity index is 1.55. The summed E-state index contributed by atoms with van der Waals surface area (Å²) in [5.74, 6) is 0.192. The first-order chi connectivity index (χ1) is 16.5. The van der Waals surface area contributed by atoms with Crippen molar-refractivity contribution in [1.29, 1.82) is 0 Å². The molecule has 0 spiro atoms. The highest BCUT2D eigenvalue weighted by molar-refractivity contribution is 6.32. The fourth-order valence-electron chi connectivity index (χ4n) is 4.41. The Morgan fingerprint density at radius 1 is 1.12 bits per heavy atom. The number of benzene rings is 3. The zero-order valence-corrected chi connectivity index (χ0v) is 19.3. The number of halogens is 2. The molecule has 1 aromatic heterocycles. The molecule has 1 amide bonds. The summed E-state index contributed by atoms with van der Waals surface area (Å²) in [5.41, 5.74) is 5.09. The number of para-hydroxylation sites is 1. The average molecular weight is 473 g/mol. The van der Waals surface area contributed by atoms with Gasteiger partial charge in [-0.05, 0) is 65.9 Å². The predicted octanol–water partition coefficient (Wildman–Crippen LogP) is 6.45. The van der Waals surface area contributed by atoms with E-state index in [1.165, 1.54) is 6.07 Å². The smallest absolute Gasteiger partial charge is 0.252 e. The van der Waals surface area contributed by atoms with Crippen LogP contribution >= 0.6 is 11.6 Å². The number of fused-ring (bicyclic) bond motifs is 2. The van der Waals surface area contributed by atoms with E-state index in [9.17, 15) is 9.18 Å². The lowest BCUT2D eigenvalue weighted by Gasteiger charge is -2.13. The van der Waals surface area contributed by atoms with Gasteiger partial charge >= 0.3 is 0 Å². The monoisotopic (exact) mass is 472 g/mol. The maximum absolute atomic E-state index is 14.4. The van der Waals surface area contributed by atoms with Crippen molar-refractivity contribution in [3.05, 3.63) is 106 Å². The molecule has 4 nitrogen and oxygen atoms in total. The number of carbonyl (C=O) groups excluding carboxylic acids is 1. The van der Waals surface area contributed by atoms with Gasteiger partial charge in [-0.2, -0.15) is 0 Å². The first-order valence-electron chi connectivity index (χ1n) is 11.0. The number of pyridine rings is 1. The molecule has 0 saturated carbocycles. The van der Waals surface area contributed by atoms with E-state index in [1.807, 2.05) is 48.5 Å². The van der Waals surface area contributed by atoms with E-state index < -0.39 is 0 Å². The normalized spacial score (nSPS) is 13.8. The van der Waals surface area contributed by atoms with Crippen molar-refractivity contribution in [2.45, 2.75) is 19.4 Å². The minimum absolute atomic E-state index is 0.164. The van der Waals surface area contributed by atoms with E-state index in [0.717, 1.165) is 39.0 Å². The summed E-state index contributed by atoms with van der Waals surface area (Å²) in [5, 5.41) is 4.19. The maximum Gasteiger partial charge on any atom is 0.252 e. The minimum atomic E-state index is -0.384. The van der Waals surface area contributed by atoms with E-state index in [-0.39, 0.29) is 11.7 Å². The molecule has 1 N–H and O–H groups in total. The van der Waals surface area contributed by atoms with Gasteiger partial charge in [0.1, 0.15) is 11.6 Å². The van der Waals surface area contributed by atoms with Gasteiger partial charge in [-0.25, -0.2) is 9.37 Å². The lowest BCUT2D eigenvalue weighted by molar-refractivity contribution is 0.0951. The van der Waals surface area contributed by atoms with Gasteiger partial charge in [0.05, 0.1) is 28.9 Å². The first kappa shape index (κ1) is 22.1. The number of ether oxygens (including phenoxy) is 1. The van der Waals surface area contributed by atoms with Crippen LogP contribution in [0.15, 0.2) is 66.7 Å².